The number of halogens is 1. The molecule has 1 fully saturated rings. The number of amides is 2. The molecule has 136 valence electrons. The van der Waals surface area contributed by atoms with Gasteiger partial charge >= 0.3 is 5.97 Å². The zero-order valence-corrected chi connectivity index (χ0v) is 14.1. The van der Waals surface area contributed by atoms with Gasteiger partial charge in [-0.15, -0.1) is 0 Å². The fourth-order valence-electron chi connectivity index (χ4n) is 2.91. The maximum absolute atomic E-state index is 13.3. The number of esters is 1. The lowest BCUT2D eigenvalue weighted by atomic mass is 10.0. The zero-order chi connectivity index (χ0) is 18.6. The number of hydrogen-bond acceptors (Lipinski definition) is 5. The van der Waals surface area contributed by atoms with Crippen LogP contribution in [-0.2, 0) is 25.5 Å². The van der Waals surface area contributed by atoms with Crippen LogP contribution in [0.2, 0.25) is 0 Å². The van der Waals surface area contributed by atoms with Gasteiger partial charge in [0.15, 0.2) is 0 Å². The second-order valence-electron chi connectivity index (χ2n) is 6.00. The summed E-state index contributed by atoms with van der Waals surface area (Å²) in [7, 11) is 1.19. The molecule has 0 aliphatic carbocycles. The smallest absolute Gasteiger partial charge is 0.328 e. The van der Waals surface area contributed by atoms with Crippen LogP contribution in [0.15, 0.2) is 24.3 Å². The number of aliphatic hydroxyl groups excluding tert-OH is 1. The normalized spacial score (nSPS) is 20.9. The Hall–Kier alpha value is -2.48. The minimum absolute atomic E-state index is 0.0471. The van der Waals surface area contributed by atoms with Crippen molar-refractivity contribution in [3.63, 3.8) is 0 Å². The Bertz CT molecular complexity index is 666. The number of β-amino-alcohol motifs (C(OH)–C–C–N with tert-alkyl or cyclic N) is 1. The minimum Gasteiger partial charge on any atom is -0.467 e. The van der Waals surface area contributed by atoms with Gasteiger partial charge in [0.1, 0.15) is 17.9 Å². The molecular formula is C17H21FN2O5. The highest BCUT2D eigenvalue weighted by Crippen LogP contribution is 2.18. The van der Waals surface area contributed by atoms with Crippen molar-refractivity contribution in [2.75, 3.05) is 13.7 Å². The molecule has 2 amide bonds. The molecule has 7 nitrogen and oxygen atoms in total. The predicted octanol–water partition coefficient (Wildman–Crippen LogP) is 0.00770. The summed E-state index contributed by atoms with van der Waals surface area (Å²) in [5, 5.41) is 12.3. The van der Waals surface area contributed by atoms with Gasteiger partial charge in [-0.05, 0) is 17.7 Å². The molecule has 1 heterocycles. The molecular weight excluding hydrogens is 331 g/mol. The second kappa shape index (κ2) is 8.06. The summed E-state index contributed by atoms with van der Waals surface area (Å²) in [4.78, 5) is 37.3. The Kier molecular flexibility index (Phi) is 6.08. The molecule has 2 N–H and O–H groups in total. The van der Waals surface area contributed by atoms with Crippen LogP contribution in [-0.4, -0.2) is 59.6 Å². The van der Waals surface area contributed by atoms with Gasteiger partial charge in [-0.1, -0.05) is 12.1 Å². The number of aliphatic hydroxyl groups is 1. The van der Waals surface area contributed by atoms with Gasteiger partial charge in [0.25, 0.3) is 0 Å². The average molecular weight is 352 g/mol. The first-order valence-electron chi connectivity index (χ1n) is 7.89. The van der Waals surface area contributed by atoms with E-state index in [9.17, 15) is 23.9 Å². The summed E-state index contributed by atoms with van der Waals surface area (Å²) in [6.45, 7) is 1.38. The molecule has 1 aromatic carbocycles. The predicted molar refractivity (Wildman–Crippen MR) is 85.8 cm³/mol. The first-order valence-corrected chi connectivity index (χ1v) is 7.89. The number of carbonyl (C=O) groups is 3. The summed E-state index contributed by atoms with van der Waals surface area (Å²) < 4.78 is 18.0. The zero-order valence-electron chi connectivity index (χ0n) is 14.1. The van der Waals surface area contributed by atoms with Crippen LogP contribution < -0.4 is 5.32 Å². The fraction of sp³-hybridized carbons (Fsp3) is 0.471. The first kappa shape index (κ1) is 18.9. The van der Waals surface area contributed by atoms with Crippen LogP contribution in [0.4, 0.5) is 4.39 Å². The minimum atomic E-state index is -1.02. The van der Waals surface area contributed by atoms with Crippen molar-refractivity contribution in [2.24, 2.45) is 0 Å². The number of benzene rings is 1. The third-order valence-corrected chi connectivity index (χ3v) is 4.12. The lowest BCUT2D eigenvalue weighted by molar-refractivity contribution is -0.146. The van der Waals surface area contributed by atoms with Gasteiger partial charge in [0.05, 0.1) is 13.2 Å². The highest BCUT2D eigenvalue weighted by molar-refractivity contribution is 5.91. The van der Waals surface area contributed by atoms with Crippen molar-refractivity contribution in [1.82, 2.24) is 10.2 Å². The van der Waals surface area contributed by atoms with Crippen LogP contribution in [0.3, 0.4) is 0 Å². The number of rotatable bonds is 5. The van der Waals surface area contributed by atoms with E-state index in [1.54, 1.807) is 6.07 Å². The van der Waals surface area contributed by atoms with Crippen LogP contribution in [0.25, 0.3) is 0 Å². The molecule has 8 heteroatoms. The van der Waals surface area contributed by atoms with E-state index >= 15 is 0 Å². The highest BCUT2D eigenvalue weighted by Gasteiger charge is 2.38. The summed E-state index contributed by atoms with van der Waals surface area (Å²) >= 11 is 0. The second-order valence-corrected chi connectivity index (χ2v) is 6.00. The van der Waals surface area contributed by atoms with Gasteiger partial charge in [0, 0.05) is 26.3 Å². The summed E-state index contributed by atoms with van der Waals surface area (Å²) in [6, 6.07) is 3.80. The first-order chi connectivity index (χ1) is 11.8. The Balaban J connectivity index is 2.12. The van der Waals surface area contributed by atoms with E-state index in [1.807, 2.05) is 0 Å². The molecule has 1 aliphatic rings. The van der Waals surface area contributed by atoms with Crippen LogP contribution in [0.5, 0.6) is 0 Å². The Morgan fingerprint density at radius 1 is 1.44 bits per heavy atom. The van der Waals surface area contributed by atoms with E-state index in [0.717, 1.165) is 0 Å². The third kappa shape index (κ3) is 4.76. The third-order valence-electron chi connectivity index (χ3n) is 4.12. The Labute approximate surface area is 144 Å². The van der Waals surface area contributed by atoms with Crippen LogP contribution >= 0.6 is 0 Å². The summed E-state index contributed by atoms with van der Waals surface area (Å²) in [5.41, 5.74) is 0.519. The fourth-order valence-corrected chi connectivity index (χ4v) is 2.91. The van der Waals surface area contributed by atoms with Gasteiger partial charge in [0.2, 0.25) is 11.8 Å². The molecule has 3 atom stereocenters. The quantitative estimate of drug-likeness (QED) is 0.728. The number of likely N-dealkylation sites (tertiary alicyclic amines) is 1. The van der Waals surface area contributed by atoms with Gasteiger partial charge in [-0.25, -0.2) is 9.18 Å². The average Bonchev–Trinajstić information content (AvgIpc) is 2.96. The molecule has 25 heavy (non-hydrogen) atoms. The number of methoxy groups -OCH3 is 1. The van der Waals surface area contributed by atoms with Crippen molar-refractivity contribution in [3.05, 3.63) is 35.6 Å². The number of nitrogens with zero attached hydrogens (tertiary/aromatic N) is 1. The van der Waals surface area contributed by atoms with E-state index in [1.165, 1.54) is 37.1 Å². The monoisotopic (exact) mass is 352 g/mol. The van der Waals surface area contributed by atoms with Crippen LogP contribution in [0, 0.1) is 5.82 Å². The molecule has 1 aromatic rings. The summed E-state index contributed by atoms with van der Waals surface area (Å²) in [6.07, 6.45) is -0.649. The maximum Gasteiger partial charge on any atom is 0.328 e. The van der Waals surface area contributed by atoms with Gasteiger partial charge in [-0.3, -0.25) is 9.59 Å². The van der Waals surface area contributed by atoms with E-state index in [0.29, 0.717) is 5.56 Å². The molecule has 0 saturated carbocycles. The lowest BCUT2D eigenvalue weighted by Crippen LogP contribution is -2.51. The number of hydrogen-bond donors (Lipinski definition) is 2. The Morgan fingerprint density at radius 2 is 2.16 bits per heavy atom. The lowest BCUT2D eigenvalue weighted by Gasteiger charge is -2.24. The van der Waals surface area contributed by atoms with E-state index in [4.69, 9.17) is 4.74 Å². The molecule has 0 radical (unpaired) electrons. The molecule has 0 spiro atoms. The topological polar surface area (TPSA) is 95.9 Å². The number of ether oxygens (including phenoxy) is 1. The molecule has 2 rings (SSSR count). The molecule has 1 saturated heterocycles. The summed E-state index contributed by atoms with van der Waals surface area (Å²) in [5.74, 6) is -2.02. The van der Waals surface area contributed by atoms with Gasteiger partial charge in [-0.2, -0.15) is 0 Å². The van der Waals surface area contributed by atoms with E-state index in [2.05, 4.69) is 5.32 Å². The van der Waals surface area contributed by atoms with Crippen molar-refractivity contribution < 1.29 is 28.6 Å². The van der Waals surface area contributed by atoms with Crippen molar-refractivity contribution >= 4 is 17.8 Å². The number of nitrogens with one attached hydrogen (secondary N) is 1. The maximum atomic E-state index is 13.3. The molecule has 0 unspecified atom stereocenters. The van der Waals surface area contributed by atoms with Crippen molar-refractivity contribution in [1.29, 1.82) is 0 Å². The molecule has 0 bridgehead atoms. The number of carbonyl (C=O) groups excluding carboxylic acids is 3. The molecule has 0 aromatic heterocycles. The van der Waals surface area contributed by atoms with Crippen molar-refractivity contribution in [3.8, 4) is 0 Å². The van der Waals surface area contributed by atoms with E-state index < -0.39 is 35.9 Å². The highest BCUT2D eigenvalue weighted by atomic mass is 19.1. The SMILES string of the molecule is COC(=O)[C@@H](Cc1cccc(F)c1)NC(=O)[C@@H]1C[C@@H](O)CN1C(C)=O. The van der Waals surface area contributed by atoms with E-state index in [-0.39, 0.29) is 25.3 Å². The standard InChI is InChI=1S/C17H21FN2O5/c1-10(21)20-9-13(22)8-15(20)16(23)19-14(17(24)25-2)7-11-4-3-5-12(18)6-11/h3-6,13-15,22H,7-9H2,1-2H3,(H,19,23)/t13-,14-,15+/m1/s1. The van der Waals surface area contributed by atoms with Gasteiger partial charge < -0.3 is 20.1 Å². The van der Waals surface area contributed by atoms with Crippen LogP contribution in [0.1, 0.15) is 18.9 Å². The molecule has 1 aliphatic heterocycles. The largest absolute Gasteiger partial charge is 0.467 e. The van der Waals surface area contributed by atoms with Crippen molar-refractivity contribution in [2.45, 2.75) is 38.0 Å². The Morgan fingerprint density at radius 3 is 2.76 bits per heavy atom.